The molecule has 16 heavy (non-hydrogen) atoms. The van der Waals surface area contributed by atoms with E-state index in [1.54, 1.807) is 12.1 Å². The van der Waals surface area contributed by atoms with Gasteiger partial charge in [-0.05, 0) is 24.3 Å². The molecular weight excluding hydrogens is 227 g/mol. The lowest BCUT2D eigenvalue weighted by molar-refractivity contribution is 0.356. The zero-order valence-corrected chi connectivity index (χ0v) is 9.80. The second kappa shape index (κ2) is 5.52. The van der Waals surface area contributed by atoms with Crippen molar-refractivity contribution < 1.29 is 8.60 Å². The van der Waals surface area contributed by atoms with Crippen molar-refractivity contribution in [2.75, 3.05) is 32.1 Å². The molecule has 0 bridgehead atoms. The predicted octanol–water partition coefficient (Wildman–Crippen LogP) is 0.796. The van der Waals surface area contributed by atoms with Gasteiger partial charge in [-0.1, -0.05) is 0 Å². The Hall–Kier alpha value is -0.780. The van der Waals surface area contributed by atoms with Crippen molar-refractivity contribution >= 4 is 10.8 Å². The minimum atomic E-state index is -1.02. The first kappa shape index (κ1) is 11.7. The molecule has 2 rings (SSSR count). The van der Waals surface area contributed by atoms with Crippen molar-refractivity contribution in [3.8, 4) is 0 Å². The lowest BCUT2D eigenvalue weighted by atomic mass is 10.4. The van der Waals surface area contributed by atoms with Gasteiger partial charge in [-0.25, -0.2) is 4.39 Å². The van der Waals surface area contributed by atoms with Crippen LogP contribution in [0.15, 0.2) is 29.2 Å². The molecule has 1 saturated heterocycles. The summed E-state index contributed by atoms with van der Waals surface area (Å²) in [5, 5.41) is 3.22. The van der Waals surface area contributed by atoms with E-state index >= 15 is 0 Å². The molecule has 1 aliphatic heterocycles. The van der Waals surface area contributed by atoms with Gasteiger partial charge in [-0.2, -0.15) is 0 Å². The van der Waals surface area contributed by atoms with Gasteiger partial charge in [-0.15, -0.1) is 0 Å². The van der Waals surface area contributed by atoms with E-state index in [9.17, 15) is 8.60 Å². The molecule has 0 aromatic heterocycles. The van der Waals surface area contributed by atoms with Crippen molar-refractivity contribution in [3.05, 3.63) is 30.1 Å². The lowest BCUT2D eigenvalue weighted by Crippen LogP contribution is -2.26. The molecule has 0 amide bonds. The van der Waals surface area contributed by atoms with Gasteiger partial charge >= 0.3 is 0 Å². The van der Waals surface area contributed by atoms with Crippen LogP contribution in [-0.4, -0.2) is 41.2 Å². The molecule has 1 unspecified atom stereocenters. The number of rotatable bonds is 4. The van der Waals surface area contributed by atoms with Crippen molar-refractivity contribution in [3.63, 3.8) is 0 Å². The first-order chi connectivity index (χ1) is 7.75. The molecule has 3 nitrogen and oxygen atoms in total. The number of nitrogens with zero attached hydrogens (tertiary/aromatic N) is 1. The summed E-state index contributed by atoms with van der Waals surface area (Å²) in [5.41, 5.74) is 0. The Morgan fingerprint density at radius 3 is 2.75 bits per heavy atom. The van der Waals surface area contributed by atoms with Crippen LogP contribution in [-0.2, 0) is 10.8 Å². The Labute approximate surface area is 97.1 Å². The van der Waals surface area contributed by atoms with Gasteiger partial charge < -0.3 is 5.32 Å². The zero-order chi connectivity index (χ0) is 11.4. The lowest BCUT2D eigenvalue weighted by Gasteiger charge is -2.12. The van der Waals surface area contributed by atoms with Crippen LogP contribution in [0.5, 0.6) is 0 Å². The molecule has 1 N–H and O–H groups in total. The Bertz CT molecular complexity index is 363. The molecule has 1 aliphatic rings. The minimum absolute atomic E-state index is 0.288. The normalized spacial score (nSPS) is 18.8. The summed E-state index contributed by atoms with van der Waals surface area (Å²) in [5.74, 6) is 0.317. The Morgan fingerprint density at radius 2 is 2.12 bits per heavy atom. The standard InChI is InChI=1S/C11H15FN2OS/c12-10-1-3-11(4-2-10)16(15)8-7-14-6-5-13-9-14/h1-4,13H,5-9H2. The molecule has 1 atom stereocenters. The fraction of sp³-hybridized carbons (Fsp3) is 0.455. The van der Waals surface area contributed by atoms with Gasteiger partial charge in [0.2, 0.25) is 0 Å². The second-order valence-electron chi connectivity index (χ2n) is 3.78. The highest BCUT2D eigenvalue weighted by Gasteiger charge is 2.12. The highest BCUT2D eigenvalue weighted by Crippen LogP contribution is 2.08. The molecular formula is C11H15FN2OS. The summed E-state index contributed by atoms with van der Waals surface area (Å²) in [7, 11) is -1.02. The van der Waals surface area contributed by atoms with Crippen LogP contribution in [0, 0.1) is 5.82 Å². The third-order valence-corrected chi connectivity index (χ3v) is 3.96. The van der Waals surface area contributed by atoms with E-state index in [0.717, 1.165) is 26.3 Å². The Morgan fingerprint density at radius 1 is 1.38 bits per heavy atom. The fourth-order valence-corrected chi connectivity index (χ4v) is 2.76. The quantitative estimate of drug-likeness (QED) is 0.847. The fourth-order valence-electron chi connectivity index (χ4n) is 1.66. The highest BCUT2D eigenvalue weighted by atomic mass is 32.2. The van der Waals surface area contributed by atoms with Gasteiger partial charge in [0.15, 0.2) is 0 Å². The SMILES string of the molecule is O=S(CCN1CCNC1)c1ccc(F)cc1. The largest absolute Gasteiger partial charge is 0.303 e. The molecule has 0 spiro atoms. The third kappa shape index (κ3) is 3.10. The van der Waals surface area contributed by atoms with E-state index in [-0.39, 0.29) is 5.82 Å². The van der Waals surface area contributed by atoms with Gasteiger partial charge in [0.1, 0.15) is 5.82 Å². The Kier molecular flexibility index (Phi) is 4.04. The molecule has 1 aromatic rings. The molecule has 0 saturated carbocycles. The molecule has 1 heterocycles. The number of benzene rings is 1. The van der Waals surface area contributed by atoms with Crippen LogP contribution in [0.3, 0.4) is 0 Å². The van der Waals surface area contributed by atoms with E-state index in [4.69, 9.17) is 0 Å². The summed E-state index contributed by atoms with van der Waals surface area (Å²) in [6.45, 7) is 3.71. The molecule has 1 fully saturated rings. The molecule has 88 valence electrons. The number of halogens is 1. The van der Waals surface area contributed by atoms with E-state index < -0.39 is 10.8 Å². The maximum Gasteiger partial charge on any atom is 0.123 e. The zero-order valence-electron chi connectivity index (χ0n) is 8.99. The highest BCUT2D eigenvalue weighted by molar-refractivity contribution is 7.85. The number of hydrogen-bond acceptors (Lipinski definition) is 3. The molecule has 0 radical (unpaired) electrons. The summed E-state index contributed by atoms with van der Waals surface area (Å²) in [4.78, 5) is 2.93. The van der Waals surface area contributed by atoms with Crippen LogP contribution in [0.1, 0.15) is 0 Å². The number of nitrogens with one attached hydrogen (secondary N) is 1. The van der Waals surface area contributed by atoms with E-state index in [0.29, 0.717) is 10.6 Å². The summed E-state index contributed by atoms with van der Waals surface area (Å²) < 4.78 is 24.5. The second-order valence-corrected chi connectivity index (χ2v) is 5.35. The van der Waals surface area contributed by atoms with Crippen LogP contribution >= 0.6 is 0 Å². The van der Waals surface area contributed by atoms with Gasteiger partial charge in [0.25, 0.3) is 0 Å². The first-order valence-electron chi connectivity index (χ1n) is 5.33. The monoisotopic (exact) mass is 242 g/mol. The number of hydrogen-bond donors (Lipinski definition) is 1. The average Bonchev–Trinajstić information content (AvgIpc) is 2.80. The smallest absolute Gasteiger partial charge is 0.123 e. The minimum Gasteiger partial charge on any atom is -0.303 e. The molecule has 1 aromatic carbocycles. The maximum atomic E-state index is 12.7. The predicted molar refractivity (Wildman–Crippen MR) is 62.1 cm³/mol. The van der Waals surface area contributed by atoms with Crippen LogP contribution in [0.4, 0.5) is 4.39 Å². The van der Waals surface area contributed by atoms with Crippen molar-refractivity contribution in [1.29, 1.82) is 0 Å². The Balaban J connectivity index is 1.85. The van der Waals surface area contributed by atoms with E-state index in [1.807, 2.05) is 0 Å². The van der Waals surface area contributed by atoms with Gasteiger partial charge in [0.05, 0.1) is 10.8 Å². The van der Waals surface area contributed by atoms with E-state index in [2.05, 4.69) is 10.2 Å². The third-order valence-electron chi connectivity index (χ3n) is 2.61. The summed E-state index contributed by atoms with van der Waals surface area (Å²) in [6, 6.07) is 5.89. The maximum absolute atomic E-state index is 12.7. The topological polar surface area (TPSA) is 32.3 Å². The van der Waals surface area contributed by atoms with Crippen molar-refractivity contribution in [2.24, 2.45) is 0 Å². The van der Waals surface area contributed by atoms with Crippen molar-refractivity contribution in [2.45, 2.75) is 4.90 Å². The molecule has 0 aliphatic carbocycles. The van der Waals surface area contributed by atoms with E-state index in [1.165, 1.54) is 12.1 Å². The van der Waals surface area contributed by atoms with Crippen LogP contribution in [0.25, 0.3) is 0 Å². The summed E-state index contributed by atoms with van der Waals surface area (Å²) in [6.07, 6.45) is 0. The van der Waals surface area contributed by atoms with Crippen LogP contribution in [0.2, 0.25) is 0 Å². The van der Waals surface area contributed by atoms with Gasteiger partial charge in [-0.3, -0.25) is 9.11 Å². The van der Waals surface area contributed by atoms with Crippen LogP contribution < -0.4 is 5.32 Å². The summed E-state index contributed by atoms with van der Waals surface area (Å²) >= 11 is 0. The van der Waals surface area contributed by atoms with Gasteiger partial charge in [0, 0.05) is 37.0 Å². The average molecular weight is 242 g/mol. The van der Waals surface area contributed by atoms with Crippen molar-refractivity contribution in [1.82, 2.24) is 10.2 Å². The first-order valence-corrected chi connectivity index (χ1v) is 6.64. The molecule has 5 heteroatoms.